The normalized spacial score (nSPS) is 31.7. The van der Waals surface area contributed by atoms with Crippen molar-refractivity contribution in [2.45, 2.75) is 236 Å². The van der Waals surface area contributed by atoms with E-state index < -0.39 is 5.72 Å². The Morgan fingerprint density at radius 1 is 0.810 bits per heavy atom. The topological polar surface area (TPSA) is 146 Å². The lowest BCUT2D eigenvalue weighted by atomic mass is 9.79. The van der Waals surface area contributed by atoms with Gasteiger partial charge in [-0.05, 0) is 90.1 Å². The monoisotopic (exact) mass is 816 g/mol. The van der Waals surface area contributed by atoms with Gasteiger partial charge in [0.25, 0.3) is 0 Å². The fourth-order valence-electron chi connectivity index (χ4n) is 11.1. The van der Waals surface area contributed by atoms with Crippen LogP contribution in [-0.2, 0) is 23.8 Å². The number of hydrogen-bond donors (Lipinski definition) is 5. The average Bonchev–Trinajstić information content (AvgIpc) is 3.52. The summed E-state index contributed by atoms with van der Waals surface area (Å²) in [6.07, 6.45) is 35.2. The van der Waals surface area contributed by atoms with Crippen LogP contribution in [0.1, 0.15) is 194 Å². The Bertz CT molecular complexity index is 1220. The molecule has 2 unspecified atom stereocenters. The molecule has 5 aliphatic heterocycles. The Morgan fingerprint density at radius 3 is 2.19 bits per heavy atom. The number of rotatable bonds is 27. The van der Waals surface area contributed by atoms with Gasteiger partial charge in [0.1, 0.15) is 17.5 Å². The number of nitrogens with zero attached hydrogens (tertiary/aromatic N) is 1. The Kier molecular flexibility index (Phi) is 20.7. The Labute approximate surface area is 353 Å². The second-order valence-corrected chi connectivity index (χ2v) is 18.7. The number of nitrogens with one attached hydrogen (secondary N) is 3. The Balaban J connectivity index is 0.960. The molecule has 334 valence electrons. The second-order valence-electron chi connectivity index (χ2n) is 18.7. The highest BCUT2D eigenvalue weighted by Crippen LogP contribution is 2.43. The number of ether oxygens (including phenoxy) is 3. The van der Waals surface area contributed by atoms with Gasteiger partial charge >= 0.3 is 5.97 Å². The van der Waals surface area contributed by atoms with Crippen molar-refractivity contribution in [3.63, 3.8) is 0 Å². The quantitative estimate of drug-likeness (QED) is 0.0347. The standard InChI is InChI=1S/C47H86N6O5/c1-3-24-40-26-22-31-47(58-40)43(41-29-28-38-37-46(50-45(51-47)53(38)41)30-18-17-25-39(4-2)57-46)44(55)56-36-21-15-13-11-9-7-5-6-8-10-12-14-16-27-42(54)52(35-23-33-49)34-20-19-32-48/h17,25,38-41,43,45,50-51H,3-16,18-24,26-37,48-49H2,1-2H3/p+1/t38-,39-,40+,41+,43+,45?,46-,47+/m1/s1. The smallest absolute Gasteiger partial charge is 0.319 e. The molecule has 9 atom stereocenters. The van der Waals surface area contributed by atoms with E-state index in [4.69, 9.17) is 25.7 Å². The maximum Gasteiger partial charge on any atom is 0.319 e. The molecule has 0 saturated carbocycles. The highest BCUT2D eigenvalue weighted by atomic mass is 16.6. The summed E-state index contributed by atoms with van der Waals surface area (Å²) in [5.41, 5.74) is 10.3. The van der Waals surface area contributed by atoms with Gasteiger partial charge in [-0.3, -0.25) is 9.59 Å². The fourth-order valence-corrected chi connectivity index (χ4v) is 11.1. The molecule has 2 spiro atoms. The summed E-state index contributed by atoms with van der Waals surface area (Å²) >= 11 is 0. The van der Waals surface area contributed by atoms with Gasteiger partial charge in [0.15, 0.2) is 5.92 Å². The van der Waals surface area contributed by atoms with Crippen LogP contribution in [0.25, 0.3) is 0 Å². The maximum atomic E-state index is 14.2. The van der Waals surface area contributed by atoms with E-state index in [0.29, 0.717) is 32.2 Å². The van der Waals surface area contributed by atoms with E-state index in [2.05, 4.69) is 36.6 Å². The molecule has 0 aromatic rings. The molecule has 0 aromatic carbocycles. The summed E-state index contributed by atoms with van der Waals surface area (Å²) < 4.78 is 20.1. The number of hydrogen-bond acceptors (Lipinski definition) is 9. The number of quaternary nitrogens is 1. The van der Waals surface area contributed by atoms with Gasteiger partial charge < -0.3 is 35.5 Å². The van der Waals surface area contributed by atoms with Crippen molar-refractivity contribution >= 4 is 11.9 Å². The summed E-state index contributed by atoms with van der Waals surface area (Å²) in [6.45, 7) is 7.86. The molecule has 7 N–H and O–H groups in total. The van der Waals surface area contributed by atoms with E-state index in [0.717, 1.165) is 129 Å². The highest BCUT2D eigenvalue weighted by molar-refractivity contribution is 5.76. The minimum Gasteiger partial charge on any atom is -0.465 e. The first kappa shape index (κ1) is 47.4. The molecule has 0 radical (unpaired) electrons. The third-order valence-corrected chi connectivity index (χ3v) is 14.1. The van der Waals surface area contributed by atoms with Crippen LogP contribution in [0.15, 0.2) is 12.2 Å². The van der Waals surface area contributed by atoms with Gasteiger partial charge in [-0.25, -0.2) is 10.6 Å². The van der Waals surface area contributed by atoms with Crippen LogP contribution in [0.5, 0.6) is 0 Å². The van der Waals surface area contributed by atoms with Gasteiger partial charge in [-0.2, -0.15) is 0 Å². The molecule has 11 nitrogen and oxygen atoms in total. The van der Waals surface area contributed by atoms with Crippen LogP contribution in [0.3, 0.4) is 0 Å². The third kappa shape index (κ3) is 13.7. The van der Waals surface area contributed by atoms with Crippen LogP contribution in [0.2, 0.25) is 0 Å². The van der Waals surface area contributed by atoms with Crippen molar-refractivity contribution in [1.82, 2.24) is 15.5 Å². The molecule has 5 aliphatic rings. The number of allylic oxidation sites excluding steroid dienone is 1. The van der Waals surface area contributed by atoms with Crippen LogP contribution in [0, 0.1) is 5.92 Å². The van der Waals surface area contributed by atoms with Gasteiger partial charge in [0.05, 0.1) is 24.9 Å². The first-order valence-corrected chi connectivity index (χ1v) is 24.7. The Morgan fingerprint density at radius 2 is 1.50 bits per heavy atom. The molecular weight excluding hydrogens is 729 g/mol. The number of esters is 1. The molecule has 11 heteroatoms. The van der Waals surface area contributed by atoms with Crippen LogP contribution in [0.4, 0.5) is 0 Å². The number of carbonyl (C=O) groups is 2. The molecule has 4 saturated heterocycles. The summed E-state index contributed by atoms with van der Waals surface area (Å²) in [4.78, 5) is 30.4. The number of carbonyl (C=O) groups excluding carboxylic acids is 2. The van der Waals surface area contributed by atoms with E-state index in [-0.39, 0.29) is 48.1 Å². The lowest BCUT2D eigenvalue weighted by Crippen LogP contribution is -3.29. The molecule has 1 amide bonds. The molecule has 5 heterocycles. The summed E-state index contributed by atoms with van der Waals surface area (Å²) in [7, 11) is 0. The van der Waals surface area contributed by atoms with Crippen LogP contribution in [-0.4, -0.2) is 91.6 Å². The zero-order chi connectivity index (χ0) is 41.1. The highest BCUT2D eigenvalue weighted by Gasteiger charge is 2.67. The van der Waals surface area contributed by atoms with Crippen molar-refractivity contribution < 1.29 is 28.7 Å². The van der Waals surface area contributed by atoms with Crippen LogP contribution < -0.4 is 27.0 Å². The second kappa shape index (κ2) is 25.4. The first-order chi connectivity index (χ1) is 28.4. The molecule has 0 aromatic heterocycles. The van der Waals surface area contributed by atoms with E-state index in [1.54, 1.807) is 0 Å². The lowest BCUT2D eigenvalue weighted by molar-refractivity contribution is -0.985. The molecule has 0 aliphatic carbocycles. The third-order valence-electron chi connectivity index (χ3n) is 14.1. The van der Waals surface area contributed by atoms with E-state index >= 15 is 0 Å². The zero-order valence-electron chi connectivity index (χ0n) is 37.1. The van der Waals surface area contributed by atoms with E-state index in [1.807, 2.05) is 4.90 Å². The van der Waals surface area contributed by atoms with Crippen molar-refractivity contribution in [3.8, 4) is 0 Å². The van der Waals surface area contributed by atoms with Crippen molar-refractivity contribution in [1.29, 1.82) is 0 Å². The largest absolute Gasteiger partial charge is 0.465 e. The van der Waals surface area contributed by atoms with Crippen LogP contribution >= 0.6 is 0 Å². The lowest BCUT2D eigenvalue weighted by Gasteiger charge is -2.58. The summed E-state index contributed by atoms with van der Waals surface area (Å²) in [5, 5.41) is 8.01. The van der Waals surface area contributed by atoms with Crippen molar-refractivity contribution in [2.24, 2.45) is 17.4 Å². The summed E-state index contributed by atoms with van der Waals surface area (Å²) in [6, 6.07) is 0.645. The molecular formula is C47H87N6O5+. The predicted molar refractivity (Wildman–Crippen MR) is 233 cm³/mol. The first-order valence-electron chi connectivity index (χ1n) is 24.7. The predicted octanol–water partition coefficient (Wildman–Crippen LogP) is 6.73. The molecule has 0 bridgehead atoms. The van der Waals surface area contributed by atoms with Gasteiger partial charge in [-0.15, -0.1) is 0 Å². The number of nitrogens with two attached hydrogens (primary N) is 2. The van der Waals surface area contributed by atoms with E-state index in [1.165, 1.54) is 62.7 Å². The fraction of sp³-hybridized carbons (Fsp3) is 0.915. The van der Waals surface area contributed by atoms with Crippen molar-refractivity contribution in [3.05, 3.63) is 12.2 Å². The molecule has 4 fully saturated rings. The van der Waals surface area contributed by atoms with Gasteiger partial charge in [-0.1, -0.05) is 103 Å². The van der Waals surface area contributed by atoms with Crippen molar-refractivity contribution in [2.75, 3.05) is 32.8 Å². The van der Waals surface area contributed by atoms with Gasteiger partial charge in [0.2, 0.25) is 12.2 Å². The van der Waals surface area contributed by atoms with E-state index in [9.17, 15) is 9.59 Å². The minimum absolute atomic E-state index is 0.000265. The minimum atomic E-state index is -0.695. The molecule has 5 rings (SSSR count). The molecule has 58 heavy (non-hydrogen) atoms. The number of amides is 1. The number of unbranched alkanes of at least 4 members (excludes halogenated alkanes) is 13. The Hall–Kier alpha value is -1.60. The maximum absolute atomic E-state index is 14.2. The summed E-state index contributed by atoms with van der Waals surface area (Å²) in [5.74, 6) is -0.0487. The average molecular weight is 816 g/mol. The SMILES string of the molecule is CCC[C@H]1CCC[C@]2(NC3N[C@@]4(CCC=C[C@@H](CC)O4)C[C@H]4CC[C@@H]([C@H]2C(=O)OCCCCCCCCCCCCCCCC(=O)N(CCCN)CCCCN)[NH+]34)O1. The van der Waals surface area contributed by atoms with Gasteiger partial charge in [0, 0.05) is 38.8 Å². The zero-order valence-corrected chi connectivity index (χ0v) is 37.1.